The molecule has 0 aromatic rings. The van der Waals surface area contributed by atoms with Crippen molar-refractivity contribution in [2.24, 2.45) is 0 Å². The van der Waals surface area contributed by atoms with Crippen LogP contribution in [-0.2, 0) is 4.79 Å². The Labute approximate surface area is 80.7 Å². The van der Waals surface area contributed by atoms with Gasteiger partial charge in [-0.05, 0) is 0 Å². The van der Waals surface area contributed by atoms with Crippen molar-refractivity contribution < 1.29 is 14.6 Å². The predicted octanol–water partition coefficient (Wildman–Crippen LogP) is -0.623. The molecule has 0 aromatic carbocycles. The van der Waals surface area contributed by atoms with Gasteiger partial charge < -0.3 is 5.32 Å². The number of hydrogen-bond donors (Lipinski definition) is 1. The zero-order valence-corrected chi connectivity index (χ0v) is 7.89. The summed E-state index contributed by atoms with van der Waals surface area (Å²) in [6.07, 6.45) is -1.98. The van der Waals surface area contributed by atoms with Crippen LogP contribution < -0.4 is 5.32 Å². The molecule has 0 spiro atoms. The zero-order valence-electron chi connectivity index (χ0n) is 6.31. The Hall–Kier alpha value is -1.25. The van der Waals surface area contributed by atoms with Gasteiger partial charge >= 0.3 is 6.17 Å². The van der Waals surface area contributed by atoms with Crippen LogP contribution in [0, 0.1) is 20.2 Å². The van der Waals surface area contributed by atoms with Gasteiger partial charge in [-0.15, -0.1) is 0 Å². The zero-order chi connectivity index (χ0) is 10.4. The van der Waals surface area contributed by atoms with E-state index in [-0.39, 0.29) is 5.33 Å². The lowest BCUT2D eigenvalue weighted by molar-refractivity contribution is -0.739. The first kappa shape index (κ1) is 11.8. The van der Waals surface area contributed by atoms with E-state index in [1.807, 2.05) is 5.32 Å². The van der Waals surface area contributed by atoms with Gasteiger partial charge in [0.05, 0.1) is 15.2 Å². The molecule has 0 bridgehead atoms. The lowest BCUT2D eigenvalue weighted by Crippen LogP contribution is -2.41. The van der Waals surface area contributed by atoms with E-state index >= 15 is 0 Å². The smallest absolute Gasteiger partial charge is 0.342 e. The summed E-state index contributed by atoms with van der Waals surface area (Å²) in [5.41, 5.74) is 0. The largest absolute Gasteiger partial charge is 0.467 e. The fourth-order valence-corrected chi connectivity index (χ4v) is 0.677. The van der Waals surface area contributed by atoms with Crippen LogP contribution in [0.3, 0.4) is 0 Å². The fraction of sp³-hybridized carbons (Fsp3) is 0.750. The van der Waals surface area contributed by atoms with Crippen molar-refractivity contribution in [2.75, 3.05) is 11.9 Å². The average molecular weight is 256 g/mol. The summed E-state index contributed by atoms with van der Waals surface area (Å²) >= 11 is 2.79. The molecule has 0 aliphatic rings. The molecule has 0 rings (SSSR count). The van der Waals surface area contributed by atoms with Crippen LogP contribution in [0.1, 0.15) is 0 Å². The molecule has 13 heavy (non-hydrogen) atoms. The van der Waals surface area contributed by atoms with E-state index in [9.17, 15) is 25.0 Å². The summed E-state index contributed by atoms with van der Waals surface area (Å²) in [6.45, 7) is -0.607. The highest BCUT2D eigenvalue weighted by molar-refractivity contribution is 9.09. The van der Waals surface area contributed by atoms with Crippen molar-refractivity contribution in [1.29, 1.82) is 0 Å². The van der Waals surface area contributed by atoms with E-state index in [1.54, 1.807) is 0 Å². The summed E-state index contributed by atoms with van der Waals surface area (Å²) < 4.78 is 0. The highest BCUT2D eigenvalue weighted by Gasteiger charge is 2.31. The van der Waals surface area contributed by atoms with Gasteiger partial charge in [0.15, 0.2) is 6.54 Å². The fourth-order valence-electron chi connectivity index (χ4n) is 0.478. The third-order valence-corrected chi connectivity index (χ3v) is 1.60. The second-order valence-electron chi connectivity index (χ2n) is 1.99. The number of carbonyl (C=O) groups is 1. The third-order valence-electron chi connectivity index (χ3n) is 1.09. The number of rotatable bonds is 5. The molecule has 0 fully saturated rings. The van der Waals surface area contributed by atoms with Gasteiger partial charge in [0, 0.05) is 0 Å². The molecular weight excluding hydrogens is 250 g/mol. The SMILES string of the molecule is O=C(CBr)NCC([N+](=O)[O-])[N+](=O)[O-]. The number of amides is 1. The highest BCUT2D eigenvalue weighted by atomic mass is 79.9. The van der Waals surface area contributed by atoms with Crippen LogP contribution in [0.2, 0.25) is 0 Å². The lowest BCUT2D eigenvalue weighted by atomic mass is 10.5. The van der Waals surface area contributed by atoms with E-state index in [2.05, 4.69) is 15.9 Å². The minimum atomic E-state index is -1.98. The second kappa shape index (κ2) is 5.41. The third kappa shape index (κ3) is 4.35. The number of hydrogen-bond acceptors (Lipinski definition) is 5. The molecule has 0 aliphatic heterocycles. The maximum atomic E-state index is 10.6. The molecule has 8 nitrogen and oxygen atoms in total. The lowest BCUT2D eigenvalue weighted by Gasteiger charge is -2.02. The van der Waals surface area contributed by atoms with E-state index in [1.165, 1.54) is 0 Å². The number of carbonyl (C=O) groups excluding carboxylic acids is 1. The van der Waals surface area contributed by atoms with E-state index in [4.69, 9.17) is 0 Å². The number of nitrogens with one attached hydrogen (secondary N) is 1. The number of alkyl halides is 1. The van der Waals surface area contributed by atoms with Gasteiger partial charge in [0.1, 0.15) is 0 Å². The first-order valence-electron chi connectivity index (χ1n) is 3.08. The van der Waals surface area contributed by atoms with Gasteiger partial charge in [0.2, 0.25) is 5.91 Å². The maximum Gasteiger partial charge on any atom is 0.467 e. The number of nitro groups is 2. The van der Waals surface area contributed by atoms with E-state index in [0.29, 0.717) is 0 Å². The maximum absolute atomic E-state index is 10.6. The van der Waals surface area contributed by atoms with Crippen molar-refractivity contribution in [2.45, 2.75) is 6.17 Å². The summed E-state index contributed by atoms with van der Waals surface area (Å²) in [5.74, 6) is -0.534. The van der Waals surface area contributed by atoms with Crippen LogP contribution in [0.4, 0.5) is 0 Å². The van der Waals surface area contributed by atoms with Crippen molar-refractivity contribution in [3.63, 3.8) is 0 Å². The van der Waals surface area contributed by atoms with Crippen molar-refractivity contribution in [1.82, 2.24) is 5.32 Å². The molecule has 0 aliphatic carbocycles. The Morgan fingerprint density at radius 3 is 2.15 bits per heavy atom. The Morgan fingerprint density at radius 1 is 1.38 bits per heavy atom. The number of halogens is 1. The average Bonchev–Trinajstić information content (AvgIpc) is 2.03. The Bertz CT molecular complexity index is 218. The Morgan fingerprint density at radius 2 is 1.85 bits per heavy atom. The standard InChI is InChI=1S/C4H6BrN3O5/c5-1-3(9)6-2-4(7(10)11)8(12)13/h4H,1-2H2,(H,6,9). The predicted molar refractivity (Wildman–Crippen MR) is 44.6 cm³/mol. The summed E-state index contributed by atoms with van der Waals surface area (Å²) in [7, 11) is 0. The highest BCUT2D eigenvalue weighted by Crippen LogP contribution is 1.89. The molecule has 0 heterocycles. The minimum absolute atomic E-state index is 0.0465. The van der Waals surface area contributed by atoms with Crippen LogP contribution in [0.25, 0.3) is 0 Å². The van der Waals surface area contributed by atoms with Gasteiger partial charge in [-0.25, -0.2) is 0 Å². The molecule has 0 unspecified atom stereocenters. The molecule has 9 heteroatoms. The summed E-state index contributed by atoms with van der Waals surface area (Å²) in [4.78, 5) is 28.5. The van der Waals surface area contributed by atoms with Gasteiger partial charge in [-0.3, -0.25) is 25.0 Å². The Balaban J connectivity index is 4.05. The summed E-state index contributed by atoms with van der Waals surface area (Å²) in [5, 5.41) is 22.1. The topological polar surface area (TPSA) is 115 Å². The molecule has 1 amide bonds. The molecule has 0 saturated carbocycles. The van der Waals surface area contributed by atoms with Crippen LogP contribution in [-0.4, -0.2) is 33.8 Å². The first-order chi connectivity index (χ1) is 5.99. The summed E-state index contributed by atoms with van der Waals surface area (Å²) in [6, 6.07) is 0. The van der Waals surface area contributed by atoms with E-state index in [0.717, 1.165) is 0 Å². The van der Waals surface area contributed by atoms with Gasteiger partial charge in [0.25, 0.3) is 0 Å². The second-order valence-corrected chi connectivity index (χ2v) is 2.55. The molecular formula is C4H6BrN3O5. The molecule has 0 aromatic heterocycles. The minimum Gasteiger partial charge on any atom is -0.342 e. The monoisotopic (exact) mass is 255 g/mol. The molecule has 0 saturated heterocycles. The quantitative estimate of drug-likeness (QED) is 0.304. The van der Waals surface area contributed by atoms with Crippen molar-refractivity contribution >= 4 is 21.8 Å². The molecule has 74 valence electrons. The van der Waals surface area contributed by atoms with Crippen molar-refractivity contribution in [3.8, 4) is 0 Å². The van der Waals surface area contributed by atoms with Gasteiger partial charge in [-0.2, -0.15) is 0 Å². The van der Waals surface area contributed by atoms with Crippen LogP contribution in [0.5, 0.6) is 0 Å². The van der Waals surface area contributed by atoms with Crippen molar-refractivity contribution in [3.05, 3.63) is 20.2 Å². The van der Waals surface area contributed by atoms with Crippen LogP contribution in [0.15, 0.2) is 0 Å². The van der Waals surface area contributed by atoms with Crippen LogP contribution >= 0.6 is 15.9 Å². The van der Waals surface area contributed by atoms with E-state index < -0.39 is 28.5 Å². The normalized spacial score (nSPS) is 9.69. The molecule has 0 radical (unpaired) electrons. The molecule has 1 N–H and O–H groups in total. The molecule has 0 atom stereocenters. The first-order valence-corrected chi connectivity index (χ1v) is 4.20. The number of nitrogens with zero attached hydrogens (tertiary/aromatic N) is 2. The Kier molecular flexibility index (Phi) is 4.89. The van der Waals surface area contributed by atoms with Gasteiger partial charge in [-0.1, -0.05) is 15.9 Å².